The largest absolute Gasteiger partial charge is 0.472 e. The van der Waals surface area contributed by atoms with Crippen LogP contribution in [-0.2, 0) is 25.0 Å². The fourth-order valence-electron chi connectivity index (χ4n) is 4.69. The summed E-state index contributed by atoms with van der Waals surface area (Å²) >= 11 is 0. The molecule has 0 fully saturated rings. The predicted molar refractivity (Wildman–Crippen MR) is 172 cm³/mol. The van der Waals surface area contributed by atoms with Gasteiger partial charge in [-0.15, -0.1) is 0 Å². The monoisotopic (exact) mass is 613 g/mol. The molecule has 0 aliphatic heterocycles. The maximum absolute atomic E-state index is 12.8. The minimum atomic E-state index is -4.18. The van der Waals surface area contributed by atoms with Gasteiger partial charge in [0.25, 0.3) is 0 Å². The molecule has 1 aromatic rings. The Kier molecular flexibility index (Phi) is 22.0. The van der Waals surface area contributed by atoms with Crippen molar-refractivity contribution in [3.05, 3.63) is 35.9 Å². The number of carbonyl (C=O) groups excluding carboxylic acids is 1. The van der Waals surface area contributed by atoms with Crippen molar-refractivity contribution in [3.63, 3.8) is 0 Å². The second kappa shape index (κ2) is 23.9. The summed E-state index contributed by atoms with van der Waals surface area (Å²) in [5.74, 6) is 0. The Hall–Kier alpha value is -1.44. The van der Waals surface area contributed by atoms with E-state index in [4.69, 9.17) is 13.8 Å². The van der Waals surface area contributed by atoms with Gasteiger partial charge in [-0.3, -0.25) is 9.05 Å². The Morgan fingerprint density at radius 1 is 0.738 bits per heavy atom. The van der Waals surface area contributed by atoms with Gasteiger partial charge in [-0.05, 0) is 12.0 Å². The summed E-state index contributed by atoms with van der Waals surface area (Å²) in [5, 5.41) is 0. The second-order valence-corrected chi connectivity index (χ2v) is 13.9. The SMILES string of the molecule is CCCCCCCCCCCCCCCCCCN(CCOP(=O)(O)OCC[N+](C)(C)C)C(=O)OCc1ccccc1. The first kappa shape index (κ1) is 38.6. The maximum atomic E-state index is 12.8. The lowest BCUT2D eigenvalue weighted by Gasteiger charge is -2.24. The molecule has 0 saturated carbocycles. The van der Waals surface area contributed by atoms with E-state index in [1.54, 1.807) is 4.90 Å². The number of amides is 1. The van der Waals surface area contributed by atoms with Crippen LogP contribution in [-0.4, -0.2) is 74.4 Å². The van der Waals surface area contributed by atoms with Gasteiger partial charge in [0.15, 0.2) is 0 Å². The Labute approximate surface area is 257 Å². The molecule has 0 aromatic heterocycles. The number of phosphoric acid groups is 1. The lowest BCUT2D eigenvalue weighted by molar-refractivity contribution is -0.870. The molecule has 1 amide bonds. The normalized spacial score (nSPS) is 13.2. The first-order chi connectivity index (χ1) is 20.1. The van der Waals surface area contributed by atoms with Crippen LogP contribution in [0.5, 0.6) is 0 Å². The van der Waals surface area contributed by atoms with Crippen molar-refractivity contribution < 1.29 is 32.5 Å². The van der Waals surface area contributed by atoms with E-state index >= 15 is 0 Å². The number of hydrogen-bond acceptors (Lipinski definition) is 5. The standard InChI is InChI=1S/C33H61N2O6P/c1-5-6-7-8-9-10-11-12-13-14-15-16-17-18-19-23-26-34(33(36)39-31-32-24-21-20-22-25-32)27-29-40-42(37,38)41-30-28-35(2,3)4/h20-22,24-25H,5-19,23,26-31H2,1-4H3/p+1. The molecule has 9 heteroatoms. The highest BCUT2D eigenvalue weighted by Gasteiger charge is 2.24. The molecule has 0 aliphatic carbocycles. The average Bonchev–Trinajstić information content (AvgIpc) is 2.94. The number of carbonyl (C=O) groups is 1. The summed E-state index contributed by atoms with van der Waals surface area (Å²) in [6.45, 7) is 3.72. The van der Waals surface area contributed by atoms with E-state index in [1.807, 2.05) is 51.5 Å². The van der Waals surface area contributed by atoms with Crippen molar-refractivity contribution in [2.45, 2.75) is 116 Å². The topological polar surface area (TPSA) is 85.3 Å². The number of benzene rings is 1. The zero-order chi connectivity index (χ0) is 30.9. The fraction of sp³-hybridized carbons (Fsp3) is 0.788. The van der Waals surface area contributed by atoms with Gasteiger partial charge in [0.2, 0.25) is 0 Å². The molecule has 0 heterocycles. The molecule has 1 unspecified atom stereocenters. The highest BCUT2D eigenvalue weighted by molar-refractivity contribution is 7.47. The number of unbranched alkanes of at least 4 members (excludes halogenated alkanes) is 15. The van der Waals surface area contributed by atoms with E-state index in [0.717, 1.165) is 24.8 Å². The number of ether oxygens (including phenoxy) is 1. The number of hydrogen-bond donors (Lipinski definition) is 1. The van der Waals surface area contributed by atoms with Crippen LogP contribution in [0.3, 0.4) is 0 Å². The highest BCUT2D eigenvalue weighted by Crippen LogP contribution is 2.42. The van der Waals surface area contributed by atoms with Crippen LogP contribution in [0.25, 0.3) is 0 Å². The lowest BCUT2D eigenvalue weighted by Crippen LogP contribution is -2.37. The quantitative estimate of drug-likeness (QED) is 0.0607. The second-order valence-electron chi connectivity index (χ2n) is 12.5. The van der Waals surface area contributed by atoms with Gasteiger partial charge in [0.05, 0.1) is 27.7 Å². The van der Waals surface area contributed by atoms with Crippen molar-refractivity contribution in [3.8, 4) is 0 Å². The third kappa shape index (κ3) is 23.1. The Bertz CT molecular complexity index is 834. The molecule has 0 bridgehead atoms. The first-order valence-electron chi connectivity index (χ1n) is 16.5. The number of nitrogens with zero attached hydrogens (tertiary/aromatic N) is 2. The lowest BCUT2D eigenvalue weighted by atomic mass is 10.0. The smallest absolute Gasteiger partial charge is 0.445 e. The van der Waals surface area contributed by atoms with Crippen LogP contribution in [0.15, 0.2) is 30.3 Å². The van der Waals surface area contributed by atoms with Gasteiger partial charge in [-0.25, -0.2) is 9.36 Å². The van der Waals surface area contributed by atoms with Gasteiger partial charge < -0.3 is 19.0 Å². The Morgan fingerprint density at radius 3 is 1.71 bits per heavy atom. The molecule has 8 nitrogen and oxygen atoms in total. The molecule has 1 rings (SSSR count). The molecule has 1 aromatic carbocycles. The number of rotatable bonds is 27. The van der Waals surface area contributed by atoms with Crippen molar-refractivity contribution in [1.82, 2.24) is 4.90 Å². The van der Waals surface area contributed by atoms with Gasteiger partial charge >= 0.3 is 13.9 Å². The molecule has 244 valence electrons. The molecule has 0 aliphatic rings. The minimum absolute atomic E-state index is 0.0998. The van der Waals surface area contributed by atoms with Gasteiger partial charge in [0, 0.05) is 13.1 Å². The third-order valence-electron chi connectivity index (χ3n) is 7.38. The number of likely N-dealkylation sites (N-methyl/N-ethyl adjacent to an activating group) is 1. The molecule has 0 saturated heterocycles. The molecular weight excluding hydrogens is 551 g/mol. The molecule has 1 atom stereocenters. The Balaban J connectivity index is 2.27. The van der Waals surface area contributed by atoms with Crippen LogP contribution in [0, 0.1) is 0 Å². The van der Waals surface area contributed by atoms with Crippen LogP contribution in [0.4, 0.5) is 4.79 Å². The molecule has 0 radical (unpaired) electrons. The van der Waals surface area contributed by atoms with E-state index in [1.165, 1.54) is 83.5 Å². The van der Waals surface area contributed by atoms with Gasteiger partial charge in [-0.1, -0.05) is 134 Å². The summed E-state index contributed by atoms with van der Waals surface area (Å²) in [5.41, 5.74) is 0.912. The third-order valence-corrected chi connectivity index (χ3v) is 8.39. The molecule has 1 N–H and O–H groups in total. The van der Waals surface area contributed by atoms with Crippen LogP contribution >= 0.6 is 7.82 Å². The first-order valence-corrected chi connectivity index (χ1v) is 18.0. The number of phosphoric ester groups is 1. The van der Waals surface area contributed by atoms with Gasteiger partial charge in [-0.2, -0.15) is 0 Å². The van der Waals surface area contributed by atoms with Crippen molar-refractivity contribution in [2.24, 2.45) is 0 Å². The van der Waals surface area contributed by atoms with Gasteiger partial charge in [0.1, 0.15) is 19.8 Å². The summed E-state index contributed by atoms with van der Waals surface area (Å²) in [6.07, 6.45) is 20.2. The summed E-state index contributed by atoms with van der Waals surface area (Å²) in [4.78, 5) is 24.4. The highest BCUT2D eigenvalue weighted by atomic mass is 31.2. The van der Waals surface area contributed by atoms with E-state index in [2.05, 4.69) is 6.92 Å². The van der Waals surface area contributed by atoms with E-state index in [9.17, 15) is 14.3 Å². The zero-order valence-electron chi connectivity index (χ0n) is 27.3. The van der Waals surface area contributed by atoms with Crippen LogP contribution in [0.1, 0.15) is 115 Å². The zero-order valence-corrected chi connectivity index (χ0v) is 28.2. The summed E-state index contributed by atoms with van der Waals surface area (Å²) in [6, 6.07) is 9.55. The van der Waals surface area contributed by atoms with E-state index in [0.29, 0.717) is 17.6 Å². The van der Waals surface area contributed by atoms with E-state index < -0.39 is 13.9 Å². The Morgan fingerprint density at radius 2 is 1.21 bits per heavy atom. The predicted octanol–water partition coefficient (Wildman–Crippen LogP) is 8.73. The van der Waals surface area contributed by atoms with Crippen molar-refractivity contribution >= 4 is 13.9 Å². The molecule has 42 heavy (non-hydrogen) atoms. The van der Waals surface area contributed by atoms with Crippen LogP contribution in [0.2, 0.25) is 0 Å². The molecule has 0 spiro atoms. The summed E-state index contributed by atoms with van der Waals surface area (Å²) in [7, 11) is 1.75. The minimum Gasteiger partial charge on any atom is -0.445 e. The van der Waals surface area contributed by atoms with E-state index in [-0.39, 0.29) is 26.4 Å². The molecular formula is C33H62N2O6P+. The fourth-order valence-corrected chi connectivity index (χ4v) is 5.39. The van der Waals surface area contributed by atoms with Crippen LogP contribution < -0.4 is 0 Å². The van der Waals surface area contributed by atoms with Crippen molar-refractivity contribution in [2.75, 3.05) is 54.0 Å². The number of quaternary nitrogens is 1. The summed E-state index contributed by atoms with van der Waals surface area (Å²) < 4.78 is 28.6. The van der Waals surface area contributed by atoms with Crippen molar-refractivity contribution in [1.29, 1.82) is 0 Å². The average molecular weight is 614 g/mol. The maximum Gasteiger partial charge on any atom is 0.472 e.